The number of carbonyl (C=O) groups excluding carboxylic acids is 1. The van der Waals surface area contributed by atoms with Crippen LogP contribution in [0.25, 0.3) is 0 Å². The molecule has 1 amide bonds. The van der Waals surface area contributed by atoms with Crippen molar-refractivity contribution in [3.8, 4) is 5.75 Å². The maximum absolute atomic E-state index is 12.9. The van der Waals surface area contributed by atoms with E-state index < -0.39 is 18.0 Å². The van der Waals surface area contributed by atoms with E-state index in [-0.39, 0.29) is 5.91 Å². The minimum atomic E-state index is -0.677. The molecule has 1 saturated heterocycles. The first-order valence-electron chi connectivity index (χ1n) is 5.45. The second-order valence-electron chi connectivity index (χ2n) is 4.11. The topological polar surface area (TPSA) is 49.8 Å². The maximum atomic E-state index is 12.9. The Balaban J connectivity index is 1.92. The summed E-state index contributed by atoms with van der Waals surface area (Å²) in [7, 11) is 0. The van der Waals surface area contributed by atoms with Gasteiger partial charge in [0.15, 0.2) is 6.10 Å². The minimum Gasteiger partial charge on any atom is -0.481 e. The van der Waals surface area contributed by atoms with Gasteiger partial charge in [0.2, 0.25) is 0 Å². The van der Waals surface area contributed by atoms with Crippen LogP contribution in [-0.2, 0) is 4.79 Å². The standard InChI is InChI=1S/C12H14FNO3/c1-8(12(16)14-6-10(15)7-14)17-11-4-2-3-9(13)5-11/h2-5,8,10,15H,6-7H2,1H3. The highest BCUT2D eigenvalue weighted by molar-refractivity contribution is 5.81. The molecule has 5 heteroatoms. The van der Waals surface area contributed by atoms with Gasteiger partial charge in [0.1, 0.15) is 11.6 Å². The Kier molecular flexibility index (Phi) is 3.28. The van der Waals surface area contributed by atoms with Crippen molar-refractivity contribution in [1.82, 2.24) is 4.90 Å². The summed E-state index contributed by atoms with van der Waals surface area (Å²) < 4.78 is 18.2. The summed E-state index contributed by atoms with van der Waals surface area (Å²) in [5.74, 6) is -0.270. The highest BCUT2D eigenvalue weighted by Crippen LogP contribution is 2.16. The Labute approximate surface area is 98.6 Å². The van der Waals surface area contributed by atoms with E-state index in [1.165, 1.54) is 23.1 Å². The molecule has 1 fully saturated rings. The van der Waals surface area contributed by atoms with Gasteiger partial charge < -0.3 is 14.7 Å². The molecular weight excluding hydrogens is 225 g/mol. The lowest BCUT2D eigenvalue weighted by Crippen LogP contribution is -2.56. The van der Waals surface area contributed by atoms with Gasteiger partial charge in [-0.15, -0.1) is 0 Å². The molecule has 1 aliphatic rings. The van der Waals surface area contributed by atoms with E-state index in [0.29, 0.717) is 18.8 Å². The number of nitrogens with zero attached hydrogens (tertiary/aromatic N) is 1. The molecule has 0 saturated carbocycles. The number of likely N-dealkylation sites (tertiary alicyclic amines) is 1. The van der Waals surface area contributed by atoms with Crippen LogP contribution < -0.4 is 4.74 Å². The largest absolute Gasteiger partial charge is 0.481 e. The number of halogens is 1. The summed E-state index contributed by atoms with van der Waals surface area (Å²) in [6.45, 7) is 2.29. The zero-order valence-corrected chi connectivity index (χ0v) is 9.47. The molecular formula is C12H14FNO3. The van der Waals surface area contributed by atoms with Gasteiger partial charge >= 0.3 is 0 Å². The number of rotatable bonds is 3. The van der Waals surface area contributed by atoms with Gasteiger partial charge in [-0.1, -0.05) is 6.07 Å². The predicted molar refractivity (Wildman–Crippen MR) is 59.1 cm³/mol. The van der Waals surface area contributed by atoms with Crippen molar-refractivity contribution in [3.05, 3.63) is 30.1 Å². The average molecular weight is 239 g/mol. The van der Waals surface area contributed by atoms with Crippen LogP contribution in [0.1, 0.15) is 6.92 Å². The highest BCUT2D eigenvalue weighted by atomic mass is 19.1. The summed E-state index contributed by atoms with van der Waals surface area (Å²) in [6, 6.07) is 5.66. The van der Waals surface area contributed by atoms with Gasteiger partial charge in [-0.05, 0) is 19.1 Å². The first-order chi connectivity index (χ1) is 8.06. The van der Waals surface area contributed by atoms with Crippen LogP contribution in [0.3, 0.4) is 0 Å². The van der Waals surface area contributed by atoms with E-state index in [2.05, 4.69) is 0 Å². The lowest BCUT2D eigenvalue weighted by atomic mass is 10.1. The third kappa shape index (κ3) is 2.74. The second-order valence-corrected chi connectivity index (χ2v) is 4.11. The molecule has 2 rings (SSSR count). The van der Waals surface area contributed by atoms with Crippen molar-refractivity contribution in [2.75, 3.05) is 13.1 Å². The predicted octanol–water partition coefficient (Wildman–Crippen LogP) is 0.796. The number of amides is 1. The van der Waals surface area contributed by atoms with Crippen molar-refractivity contribution < 1.29 is 19.0 Å². The van der Waals surface area contributed by atoms with Crippen molar-refractivity contribution in [3.63, 3.8) is 0 Å². The molecule has 1 unspecified atom stereocenters. The lowest BCUT2D eigenvalue weighted by molar-refractivity contribution is -0.148. The number of benzene rings is 1. The quantitative estimate of drug-likeness (QED) is 0.848. The van der Waals surface area contributed by atoms with Crippen LogP contribution in [0.15, 0.2) is 24.3 Å². The third-order valence-electron chi connectivity index (χ3n) is 2.63. The van der Waals surface area contributed by atoms with Crippen LogP contribution in [-0.4, -0.2) is 41.2 Å². The van der Waals surface area contributed by atoms with E-state index in [1.54, 1.807) is 13.0 Å². The molecule has 1 aromatic rings. The Morgan fingerprint density at radius 3 is 2.88 bits per heavy atom. The summed E-state index contributed by atoms with van der Waals surface area (Å²) in [5, 5.41) is 9.09. The molecule has 1 N–H and O–H groups in total. The van der Waals surface area contributed by atoms with Gasteiger partial charge in [0.25, 0.3) is 5.91 Å². The zero-order valence-electron chi connectivity index (χ0n) is 9.47. The molecule has 1 heterocycles. The normalized spacial score (nSPS) is 17.5. The van der Waals surface area contributed by atoms with Crippen LogP contribution in [0.4, 0.5) is 4.39 Å². The summed E-state index contributed by atoms with van der Waals surface area (Å²) >= 11 is 0. The third-order valence-corrected chi connectivity index (χ3v) is 2.63. The van der Waals surface area contributed by atoms with E-state index in [0.717, 1.165) is 0 Å². The molecule has 1 aliphatic heterocycles. The van der Waals surface area contributed by atoms with Gasteiger partial charge in [0.05, 0.1) is 6.10 Å². The Morgan fingerprint density at radius 2 is 2.29 bits per heavy atom. The SMILES string of the molecule is CC(Oc1cccc(F)c1)C(=O)N1CC(O)C1. The molecule has 0 radical (unpaired) electrons. The van der Waals surface area contributed by atoms with Crippen LogP contribution in [0.5, 0.6) is 5.75 Å². The lowest BCUT2D eigenvalue weighted by Gasteiger charge is -2.37. The van der Waals surface area contributed by atoms with Crippen molar-refractivity contribution in [2.24, 2.45) is 0 Å². The minimum absolute atomic E-state index is 0.195. The van der Waals surface area contributed by atoms with Crippen molar-refractivity contribution in [2.45, 2.75) is 19.1 Å². The van der Waals surface area contributed by atoms with Crippen molar-refractivity contribution >= 4 is 5.91 Å². The smallest absolute Gasteiger partial charge is 0.263 e. The maximum Gasteiger partial charge on any atom is 0.263 e. The first-order valence-corrected chi connectivity index (χ1v) is 5.45. The Bertz CT molecular complexity index is 418. The monoisotopic (exact) mass is 239 g/mol. The Hall–Kier alpha value is -1.62. The van der Waals surface area contributed by atoms with Crippen LogP contribution >= 0.6 is 0 Å². The fourth-order valence-electron chi connectivity index (χ4n) is 1.69. The molecule has 1 atom stereocenters. The van der Waals surface area contributed by atoms with Crippen molar-refractivity contribution in [1.29, 1.82) is 0 Å². The number of hydrogen-bond acceptors (Lipinski definition) is 3. The van der Waals surface area contributed by atoms with E-state index in [9.17, 15) is 9.18 Å². The fourth-order valence-corrected chi connectivity index (χ4v) is 1.69. The van der Waals surface area contributed by atoms with Crippen LogP contribution in [0.2, 0.25) is 0 Å². The second kappa shape index (κ2) is 4.71. The molecule has 92 valence electrons. The summed E-state index contributed by atoms with van der Waals surface area (Å²) in [4.78, 5) is 13.3. The van der Waals surface area contributed by atoms with Crippen LogP contribution in [0, 0.1) is 5.82 Å². The van der Waals surface area contributed by atoms with E-state index in [4.69, 9.17) is 9.84 Å². The molecule has 0 aromatic heterocycles. The van der Waals surface area contributed by atoms with E-state index >= 15 is 0 Å². The molecule has 4 nitrogen and oxygen atoms in total. The molecule has 1 aromatic carbocycles. The number of carbonyl (C=O) groups is 1. The molecule has 0 aliphatic carbocycles. The van der Waals surface area contributed by atoms with Gasteiger partial charge in [-0.25, -0.2) is 4.39 Å². The zero-order chi connectivity index (χ0) is 12.4. The Morgan fingerprint density at radius 1 is 1.59 bits per heavy atom. The van der Waals surface area contributed by atoms with E-state index in [1.807, 2.05) is 0 Å². The average Bonchev–Trinajstić information content (AvgIpc) is 2.24. The van der Waals surface area contributed by atoms with Gasteiger partial charge in [-0.3, -0.25) is 4.79 Å². The number of aliphatic hydroxyl groups excluding tert-OH is 1. The molecule has 0 spiro atoms. The molecule has 0 bridgehead atoms. The summed E-state index contributed by atoms with van der Waals surface area (Å²) in [6.07, 6.45) is -1.11. The van der Waals surface area contributed by atoms with Gasteiger partial charge in [0, 0.05) is 19.2 Å². The van der Waals surface area contributed by atoms with Gasteiger partial charge in [-0.2, -0.15) is 0 Å². The number of β-amino-alcohol motifs (C(OH)–C–C–N with tert-alkyl or cyclic N) is 1. The highest BCUT2D eigenvalue weighted by Gasteiger charge is 2.32. The molecule has 17 heavy (non-hydrogen) atoms. The summed E-state index contributed by atoms with van der Waals surface area (Å²) in [5.41, 5.74) is 0. The fraction of sp³-hybridized carbons (Fsp3) is 0.417. The number of hydrogen-bond donors (Lipinski definition) is 1. The number of aliphatic hydroxyl groups is 1. The number of ether oxygens (including phenoxy) is 1. The first kappa shape index (κ1) is 11.9.